The van der Waals surface area contributed by atoms with Crippen molar-refractivity contribution in [2.75, 3.05) is 6.61 Å². The van der Waals surface area contributed by atoms with Crippen LogP contribution in [0.15, 0.2) is 47.6 Å². The number of benzene rings is 2. The van der Waals surface area contributed by atoms with Gasteiger partial charge in [0.05, 0.1) is 17.2 Å². The number of nitrogens with one attached hydrogen (secondary N) is 1. The summed E-state index contributed by atoms with van der Waals surface area (Å²) in [5.74, 6) is 0.276. The van der Waals surface area contributed by atoms with Gasteiger partial charge >= 0.3 is 0 Å². The van der Waals surface area contributed by atoms with E-state index in [0.29, 0.717) is 29.2 Å². The van der Waals surface area contributed by atoms with Gasteiger partial charge in [0.15, 0.2) is 0 Å². The van der Waals surface area contributed by atoms with Crippen molar-refractivity contribution in [3.63, 3.8) is 0 Å². The molecule has 2 aromatic rings. The number of halogens is 1. The van der Waals surface area contributed by atoms with E-state index in [9.17, 15) is 14.9 Å². The normalized spacial score (nSPS) is 11.1. The number of rotatable bonds is 6. The highest BCUT2D eigenvalue weighted by Crippen LogP contribution is 2.25. The fourth-order valence-electron chi connectivity index (χ4n) is 2.01. The molecule has 0 aliphatic heterocycles. The van der Waals surface area contributed by atoms with Gasteiger partial charge in [-0.05, 0) is 44.2 Å². The number of hydrazone groups is 1. The van der Waals surface area contributed by atoms with Gasteiger partial charge in [0, 0.05) is 17.2 Å². The molecule has 1 N–H and O–H groups in total. The van der Waals surface area contributed by atoms with E-state index in [4.69, 9.17) is 16.3 Å². The molecule has 0 saturated carbocycles. The molecule has 8 heteroatoms. The largest absolute Gasteiger partial charge is 0.494 e. The summed E-state index contributed by atoms with van der Waals surface area (Å²) in [6, 6.07) is 11.0. The number of ether oxygens (including phenoxy) is 1. The monoisotopic (exact) mass is 361 g/mol. The van der Waals surface area contributed by atoms with Gasteiger partial charge in [-0.15, -0.1) is 0 Å². The fraction of sp³-hybridized carbons (Fsp3) is 0.176. The zero-order chi connectivity index (χ0) is 18.4. The van der Waals surface area contributed by atoms with Crippen molar-refractivity contribution in [1.29, 1.82) is 0 Å². The van der Waals surface area contributed by atoms with Crippen LogP contribution in [-0.2, 0) is 0 Å². The number of carbonyl (C=O) groups is 1. The van der Waals surface area contributed by atoms with E-state index in [2.05, 4.69) is 10.5 Å². The van der Waals surface area contributed by atoms with Crippen molar-refractivity contribution in [2.45, 2.75) is 13.8 Å². The molecule has 25 heavy (non-hydrogen) atoms. The van der Waals surface area contributed by atoms with Gasteiger partial charge in [-0.2, -0.15) is 5.10 Å². The first kappa shape index (κ1) is 18.4. The fourth-order valence-corrected chi connectivity index (χ4v) is 2.20. The number of amides is 1. The molecule has 0 radical (unpaired) electrons. The van der Waals surface area contributed by atoms with Crippen LogP contribution < -0.4 is 10.2 Å². The predicted molar refractivity (Wildman–Crippen MR) is 95.4 cm³/mol. The molecule has 2 aromatic carbocycles. The smallest absolute Gasteiger partial charge is 0.288 e. The average Bonchev–Trinajstić information content (AvgIpc) is 2.60. The summed E-state index contributed by atoms with van der Waals surface area (Å²) in [6.07, 6.45) is 0. The van der Waals surface area contributed by atoms with E-state index < -0.39 is 10.8 Å². The van der Waals surface area contributed by atoms with Gasteiger partial charge in [0.2, 0.25) is 0 Å². The molecule has 0 saturated heterocycles. The Hall–Kier alpha value is -2.93. The number of carbonyl (C=O) groups excluding carboxylic acids is 1. The number of hydrogen-bond donors (Lipinski definition) is 1. The van der Waals surface area contributed by atoms with E-state index in [1.54, 1.807) is 37.3 Å². The molecular formula is C17H16ClN3O4. The average molecular weight is 362 g/mol. The summed E-state index contributed by atoms with van der Waals surface area (Å²) in [7, 11) is 0. The summed E-state index contributed by atoms with van der Waals surface area (Å²) in [5, 5.41) is 14.9. The Kier molecular flexibility index (Phi) is 6.08. The van der Waals surface area contributed by atoms with Crippen LogP contribution in [0.3, 0.4) is 0 Å². The highest BCUT2D eigenvalue weighted by Gasteiger charge is 2.14. The highest BCUT2D eigenvalue weighted by atomic mass is 35.5. The molecule has 0 unspecified atom stereocenters. The molecule has 0 fully saturated rings. The molecule has 0 aromatic heterocycles. The maximum atomic E-state index is 12.1. The summed E-state index contributed by atoms with van der Waals surface area (Å²) in [4.78, 5) is 22.4. The molecule has 0 atom stereocenters. The number of nitro benzene ring substituents is 1. The second-order valence-corrected chi connectivity index (χ2v) is 5.43. The Labute approximate surface area is 149 Å². The number of hydrogen-bond acceptors (Lipinski definition) is 5. The quantitative estimate of drug-likeness (QED) is 0.481. The minimum absolute atomic E-state index is 0.0416. The van der Waals surface area contributed by atoms with Gasteiger partial charge in [-0.25, -0.2) is 5.43 Å². The van der Waals surface area contributed by atoms with Crippen LogP contribution in [0, 0.1) is 10.1 Å². The van der Waals surface area contributed by atoms with Crippen LogP contribution in [-0.4, -0.2) is 23.1 Å². The summed E-state index contributed by atoms with van der Waals surface area (Å²) < 4.78 is 5.31. The van der Waals surface area contributed by atoms with Gasteiger partial charge in [-0.1, -0.05) is 17.7 Å². The molecular weight excluding hydrogens is 346 g/mol. The van der Waals surface area contributed by atoms with Gasteiger partial charge in [0.1, 0.15) is 10.8 Å². The second kappa shape index (κ2) is 8.25. The van der Waals surface area contributed by atoms with Crippen LogP contribution in [0.4, 0.5) is 5.69 Å². The lowest BCUT2D eigenvalue weighted by Gasteiger charge is -2.05. The molecule has 2 rings (SSSR count). The summed E-state index contributed by atoms with van der Waals surface area (Å²) in [5.41, 5.74) is 3.52. The van der Waals surface area contributed by atoms with Gasteiger partial charge in [0.25, 0.3) is 11.6 Å². The third kappa shape index (κ3) is 4.77. The van der Waals surface area contributed by atoms with Gasteiger partial charge < -0.3 is 4.74 Å². The maximum absolute atomic E-state index is 12.1. The lowest BCUT2D eigenvalue weighted by Crippen LogP contribution is -2.19. The van der Waals surface area contributed by atoms with Gasteiger partial charge in [-0.3, -0.25) is 14.9 Å². The molecule has 1 amide bonds. The molecule has 0 bridgehead atoms. The minimum Gasteiger partial charge on any atom is -0.494 e. The van der Waals surface area contributed by atoms with E-state index in [-0.39, 0.29) is 10.7 Å². The van der Waals surface area contributed by atoms with Crippen LogP contribution in [0.5, 0.6) is 5.75 Å². The zero-order valence-corrected chi connectivity index (χ0v) is 14.4. The van der Waals surface area contributed by atoms with Crippen LogP contribution in [0.2, 0.25) is 5.02 Å². The Morgan fingerprint density at radius 2 is 1.88 bits per heavy atom. The zero-order valence-electron chi connectivity index (χ0n) is 13.7. The van der Waals surface area contributed by atoms with E-state index >= 15 is 0 Å². The minimum atomic E-state index is -0.572. The van der Waals surface area contributed by atoms with E-state index in [1.807, 2.05) is 6.92 Å². The molecule has 0 aliphatic carbocycles. The summed E-state index contributed by atoms with van der Waals surface area (Å²) >= 11 is 5.78. The molecule has 130 valence electrons. The lowest BCUT2D eigenvalue weighted by molar-refractivity contribution is -0.384. The van der Waals surface area contributed by atoms with Crippen molar-refractivity contribution in [2.24, 2.45) is 5.10 Å². The first-order chi connectivity index (χ1) is 11.9. The maximum Gasteiger partial charge on any atom is 0.288 e. The van der Waals surface area contributed by atoms with E-state index in [0.717, 1.165) is 0 Å². The summed E-state index contributed by atoms with van der Waals surface area (Å²) in [6.45, 7) is 4.05. The number of nitro groups is 1. The Morgan fingerprint density at radius 3 is 2.48 bits per heavy atom. The van der Waals surface area contributed by atoms with Crippen molar-refractivity contribution >= 4 is 28.9 Å². The predicted octanol–water partition coefficient (Wildman–Crippen LogP) is 3.80. The number of nitrogens with zero attached hydrogens (tertiary/aromatic N) is 2. The Morgan fingerprint density at radius 1 is 1.24 bits per heavy atom. The third-order valence-corrected chi connectivity index (χ3v) is 3.63. The second-order valence-electron chi connectivity index (χ2n) is 5.02. The molecule has 0 aliphatic rings. The van der Waals surface area contributed by atoms with Crippen LogP contribution >= 0.6 is 11.6 Å². The Balaban J connectivity index is 2.11. The van der Waals surface area contributed by atoms with Crippen molar-refractivity contribution in [1.82, 2.24) is 5.43 Å². The standard InChI is InChI=1S/C17H16ClN3O4/c1-3-25-14-7-4-12(5-8-14)17(22)20-19-11(2)13-6-9-15(18)16(10-13)21(23)24/h4-10H,3H2,1-2H3,(H,20,22)/b19-11+. The molecule has 0 spiro atoms. The lowest BCUT2D eigenvalue weighted by atomic mass is 10.1. The van der Waals surface area contributed by atoms with Crippen molar-refractivity contribution in [3.8, 4) is 5.75 Å². The third-order valence-electron chi connectivity index (χ3n) is 3.31. The highest BCUT2D eigenvalue weighted by molar-refractivity contribution is 6.32. The van der Waals surface area contributed by atoms with Crippen LogP contribution in [0.1, 0.15) is 29.8 Å². The Bertz CT molecular complexity index is 819. The SMILES string of the molecule is CCOc1ccc(C(=O)N/N=C(\C)c2ccc(Cl)c([N+](=O)[O-])c2)cc1. The first-order valence-corrected chi connectivity index (χ1v) is 7.82. The van der Waals surface area contributed by atoms with Crippen LogP contribution in [0.25, 0.3) is 0 Å². The first-order valence-electron chi connectivity index (χ1n) is 7.44. The molecule has 7 nitrogen and oxygen atoms in total. The topological polar surface area (TPSA) is 93.8 Å². The van der Waals surface area contributed by atoms with Crippen molar-refractivity contribution < 1.29 is 14.5 Å². The molecule has 0 heterocycles. The van der Waals surface area contributed by atoms with E-state index in [1.165, 1.54) is 12.1 Å². The van der Waals surface area contributed by atoms with Crippen molar-refractivity contribution in [3.05, 3.63) is 68.7 Å².